The number of carbonyl (C=O) groups excluding carboxylic acids is 2. The minimum Gasteiger partial charge on any atom is -0.368 e. The Bertz CT molecular complexity index is 349. The van der Waals surface area contributed by atoms with Gasteiger partial charge in [0.15, 0.2) is 0 Å². The van der Waals surface area contributed by atoms with Crippen molar-refractivity contribution in [3.05, 3.63) is 22.4 Å². The fraction of sp³-hybridized carbons (Fsp3) is 0.455. The molecule has 3 N–H and O–H groups in total. The highest BCUT2D eigenvalue weighted by atomic mass is 32.1. The Kier molecular flexibility index (Phi) is 4.98. The van der Waals surface area contributed by atoms with E-state index in [-0.39, 0.29) is 5.91 Å². The average molecular weight is 240 g/mol. The molecule has 0 spiro atoms. The molecule has 0 fully saturated rings. The van der Waals surface area contributed by atoms with E-state index >= 15 is 0 Å². The van der Waals surface area contributed by atoms with Gasteiger partial charge < -0.3 is 11.1 Å². The van der Waals surface area contributed by atoms with Gasteiger partial charge in [-0.2, -0.15) is 0 Å². The summed E-state index contributed by atoms with van der Waals surface area (Å²) in [5.74, 6) is -0.630. The quantitative estimate of drug-likeness (QED) is 0.780. The topological polar surface area (TPSA) is 72.2 Å². The monoisotopic (exact) mass is 240 g/mol. The van der Waals surface area contributed by atoms with Crippen LogP contribution in [0, 0.1) is 0 Å². The van der Waals surface area contributed by atoms with Crippen molar-refractivity contribution in [2.45, 2.75) is 32.2 Å². The van der Waals surface area contributed by atoms with Gasteiger partial charge in [-0.3, -0.25) is 9.59 Å². The van der Waals surface area contributed by atoms with Crippen LogP contribution in [-0.2, 0) is 16.0 Å². The fourth-order valence-electron chi connectivity index (χ4n) is 1.26. The lowest BCUT2D eigenvalue weighted by atomic mass is 10.2. The van der Waals surface area contributed by atoms with E-state index in [0.29, 0.717) is 6.42 Å². The molecule has 16 heavy (non-hydrogen) atoms. The van der Waals surface area contributed by atoms with Crippen molar-refractivity contribution < 1.29 is 9.59 Å². The molecule has 5 heteroatoms. The fourth-order valence-corrected chi connectivity index (χ4v) is 2.01. The third-order valence-electron chi connectivity index (χ3n) is 2.21. The molecule has 0 saturated carbocycles. The number of hydrogen-bond acceptors (Lipinski definition) is 3. The van der Waals surface area contributed by atoms with E-state index in [9.17, 15) is 9.59 Å². The number of nitrogens with two attached hydrogens (primary N) is 1. The smallest absolute Gasteiger partial charge is 0.239 e. The molecule has 0 aromatic carbocycles. The normalized spacial score (nSPS) is 12.1. The first-order valence-electron chi connectivity index (χ1n) is 5.20. The number of thiophene rings is 1. The molecule has 0 aliphatic heterocycles. The lowest BCUT2D eigenvalue weighted by Crippen LogP contribution is -2.42. The molecule has 1 aromatic rings. The zero-order valence-corrected chi connectivity index (χ0v) is 10.0. The lowest BCUT2D eigenvalue weighted by Gasteiger charge is -2.09. The SMILES string of the molecule is C[C@H](NC(=O)CCCc1cccs1)C(N)=O. The molecule has 88 valence electrons. The van der Waals surface area contributed by atoms with E-state index in [1.807, 2.05) is 11.4 Å². The summed E-state index contributed by atoms with van der Waals surface area (Å²) in [6.45, 7) is 1.58. The molecule has 2 amide bonds. The van der Waals surface area contributed by atoms with Crippen LogP contribution in [0.3, 0.4) is 0 Å². The Morgan fingerprint density at radius 3 is 2.88 bits per heavy atom. The minimum absolute atomic E-state index is 0.122. The number of carbonyl (C=O) groups is 2. The highest BCUT2D eigenvalue weighted by Crippen LogP contribution is 2.11. The first-order chi connectivity index (χ1) is 7.59. The summed E-state index contributed by atoms with van der Waals surface area (Å²) in [6, 6.07) is 3.46. The molecule has 0 bridgehead atoms. The van der Waals surface area contributed by atoms with Crippen LogP contribution in [0.25, 0.3) is 0 Å². The standard InChI is InChI=1S/C11H16N2O2S/c1-8(11(12)15)13-10(14)6-2-4-9-5-3-7-16-9/h3,5,7-8H,2,4,6H2,1H3,(H2,12,15)(H,13,14)/t8-/m0/s1. The maximum Gasteiger partial charge on any atom is 0.239 e. The summed E-state index contributed by atoms with van der Waals surface area (Å²) in [4.78, 5) is 23.3. The summed E-state index contributed by atoms with van der Waals surface area (Å²) in [6.07, 6.45) is 2.11. The highest BCUT2D eigenvalue weighted by Gasteiger charge is 2.11. The second kappa shape index (κ2) is 6.27. The van der Waals surface area contributed by atoms with E-state index < -0.39 is 11.9 Å². The summed E-state index contributed by atoms with van der Waals surface area (Å²) in [5, 5.41) is 4.57. The summed E-state index contributed by atoms with van der Waals surface area (Å²) >= 11 is 1.69. The van der Waals surface area contributed by atoms with Gasteiger partial charge >= 0.3 is 0 Å². The Balaban J connectivity index is 2.18. The van der Waals surface area contributed by atoms with Crippen molar-refractivity contribution in [3.8, 4) is 0 Å². The number of primary amides is 1. The predicted molar refractivity (Wildman–Crippen MR) is 64.1 cm³/mol. The second-order valence-corrected chi connectivity index (χ2v) is 4.66. The molecular weight excluding hydrogens is 224 g/mol. The average Bonchev–Trinajstić information content (AvgIpc) is 2.70. The molecule has 0 aliphatic carbocycles. The van der Waals surface area contributed by atoms with E-state index in [2.05, 4.69) is 11.4 Å². The minimum atomic E-state index is -0.589. The van der Waals surface area contributed by atoms with E-state index in [1.54, 1.807) is 18.3 Å². The van der Waals surface area contributed by atoms with E-state index in [1.165, 1.54) is 4.88 Å². The molecular formula is C11H16N2O2S. The Labute approximate surface area is 98.8 Å². The second-order valence-electron chi connectivity index (χ2n) is 3.62. The Morgan fingerprint density at radius 1 is 1.56 bits per heavy atom. The van der Waals surface area contributed by atoms with Crippen LogP contribution >= 0.6 is 11.3 Å². The summed E-state index contributed by atoms with van der Waals surface area (Å²) < 4.78 is 0. The number of aryl methyl sites for hydroxylation is 1. The molecule has 1 rings (SSSR count). The Morgan fingerprint density at radius 2 is 2.31 bits per heavy atom. The molecule has 1 heterocycles. The van der Waals surface area contributed by atoms with Crippen molar-refractivity contribution in [1.82, 2.24) is 5.32 Å². The van der Waals surface area contributed by atoms with Crippen LogP contribution in [0.4, 0.5) is 0 Å². The molecule has 1 aromatic heterocycles. The summed E-state index contributed by atoms with van der Waals surface area (Å²) in [7, 11) is 0. The molecule has 1 atom stereocenters. The van der Waals surface area contributed by atoms with Crippen molar-refractivity contribution >= 4 is 23.2 Å². The maximum atomic E-state index is 11.4. The first-order valence-corrected chi connectivity index (χ1v) is 6.08. The van der Waals surface area contributed by atoms with Crippen LogP contribution in [0.15, 0.2) is 17.5 Å². The van der Waals surface area contributed by atoms with Gasteiger partial charge in [0.05, 0.1) is 0 Å². The van der Waals surface area contributed by atoms with Crippen LogP contribution in [0.5, 0.6) is 0 Å². The first kappa shape index (κ1) is 12.7. The highest BCUT2D eigenvalue weighted by molar-refractivity contribution is 7.09. The van der Waals surface area contributed by atoms with Crippen LogP contribution < -0.4 is 11.1 Å². The van der Waals surface area contributed by atoms with E-state index in [4.69, 9.17) is 5.73 Å². The molecule has 0 unspecified atom stereocenters. The number of amides is 2. The van der Waals surface area contributed by atoms with Crippen molar-refractivity contribution in [1.29, 1.82) is 0 Å². The molecule has 0 aliphatic rings. The van der Waals surface area contributed by atoms with Gasteiger partial charge in [0, 0.05) is 11.3 Å². The third kappa shape index (κ3) is 4.44. The third-order valence-corrected chi connectivity index (χ3v) is 3.15. The number of hydrogen-bond donors (Lipinski definition) is 2. The summed E-state index contributed by atoms with van der Waals surface area (Å²) in [5.41, 5.74) is 5.04. The molecule has 0 saturated heterocycles. The molecule has 4 nitrogen and oxygen atoms in total. The van der Waals surface area contributed by atoms with Gasteiger partial charge in [-0.05, 0) is 31.2 Å². The van der Waals surface area contributed by atoms with Gasteiger partial charge in [0.25, 0.3) is 0 Å². The van der Waals surface area contributed by atoms with Crippen LogP contribution in [0.1, 0.15) is 24.6 Å². The number of rotatable bonds is 6. The zero-order valence-electron chi connectivity index (χ0n) is 9.23. The van der Waals surface area contributed by atoms with Gasteiger partial charge in [-0.1, -0.05) is 6.07 Å². The lowest BCUT2D eigenvalue weighted by molar-refractivity contribution is -0.127. The van der Waals surface area contributed by atoms with Gasteiger partial charge in [-0.25, -0.2) is 0 Å². The largest absolute Gasteiger partial charge is 0.368 e. The Hall–Kier alpha value is -1.36. The van der Waals surface area contributed by atoms with Crippen molar-refractivity contribution in [2.75, 3.05) is 0 Å². The van der Waals surface area contributed by atoms with E-state index in [0.717, 1.165) is 12.8 Å². The van der Waals surface area contributed by atoms with Gasteiger partial charge in [-0.15, -0.1) is 11.3 Å². The predicted octanol–water partition coefficient (Wildman–Crippen LogP) is 1.06. The van der Waals surface area contributed by atoms with Crippen LogP contribution in [-0.4, -0.2) is 17.9 Å². The maximum absolute atomic E-state index is 11.4. The number of nitrogens with one attached hydrogen (secondary N) is 1. The zero-order chi connectivity index (χ0) is 12.0. The van der Waals surface area contributed by atoms with Gasteiger partial charge in [0.1, 0.15) is 6.04 Å². The molecule has 0 radical (unpaired) electrons. The van der Waals surface area contributed by atoms with Gasteiger partial charge in [0.2, 0.25) is 11.8 Å². The van der Waals surface area contributed by atoms with Crippen molar-refractivity contribution in [3.63, 3.8) is 0 Å². The van der Waals surface area contributed by atoms with Crippen LogP contribution in [0.2, 0.25) is 0 Å². The van der Waals surface area contributed by atoms with Crippen molar-refractivity contribution in [2.24, 2.45) is 5.73 Å².